The third-order valence-electron chi connectivity index (χ3n) is 4.45. The molecule has 0 radical (unpaired) electrons. The van der Waals surface area contributed by atoms with Gasteiger partial charge in [0.1, 0.15) is 5.75 Å². The second-order valence-electron chi connectivity index (χ2n) is 5.88. The van der Waals surface area contributed by atoms with Crippen LogP contribution in [0.5, 0.6) is 5.75 Å². The van der Waals surface area contributed by atoms with Gasteiger partial charge >= 0.3 is 0 Å². The summed E-state index contributed by atoms with van der Waals surface area (Å²) in [6.45, 7) is 4.58. The molecule has 2 aliphatic rings. The van der Waals surface area contributed by atoms with Gasteiger partial charge in [0.05, 0.1) is 11.2 Å². The minimum atomic E-state index is -0.501. The van der Waals surface area contributed by atoms with Crippen LogP contribution in [0.15, 0.2) is 18.2 Å². The van der Waals surface area contributed by atoms with Crippen molar-refractivity contribution in [3.05, 3.63) is 18.2 Å². The van der Waals surface area contributed by atoms with E-state index in [1.54, 1.807) is 25.1 Å². The van der Waals surface area contributed by atoms with E-state index in [-0.39, 0.29) is 24.2 Å². The van der Waals surface area contributed by atoms with Crippen LogP contribution >= 0.6 is 12.4 Å². The zero-order valence-corrected chi connectivity index (χ0v) is 14.1. The van der Waals surface area contributed by atoms with Gasteiger partial charge < -0.3 is 20.7 Å². The molecule has 0 saturated carbocycles. The van der Waals surface area contributed by atoms with Crippen molar-refractivity contribution in [2.45, 2.75) is 44.8 Å². The van der Waals surface area contributed by atoms with Gasteiger partial charge in [-0.3, -0.25) is 9.59 Å². The summed E-state index contributed by atoms with van der Waals surface area (Å²) in [7, 11) is 0. The van der Waals surface area contributed by atoms with E-state index in [4.69, 9.17) is 4.74 Å². The van der Waals surface area contributed by atoms with Crippen molar-refractivity contribution < 1.29 is 14.3 Å². The van der Waals surface area contributed by atoms with E-state index in [0.29, 0.717) is 17.1 Å². The monoisotopic (exact) mass is 339 g/mol. The topological polar surface area (TPSA) is 79.5 Å². The van der Waals surface area contributed by atoms with Crippen molar-refractivity contribution in [2.24, 2.45) is 0 Å². The lowest BCUT2D eigenvalue weighted by Crippen LogP contribution is -2.50. The molecule has 2 amide bonds. The highest BCUT2D eigenvalue weighted by Crippen LogP contribution is 2.33. The summed E-state index contributed by atoms with van der Waals surface area (Å²) >= 11 is 0. The Bertz CT molecular complexity index is 615. The Labute approximate surface area is 141 Å². The number of halogens is 1. The van der Waals surface area contributed by atoms with Crippen molar-refractivity contribution in [2.75, 3.05) is 17.2 Å². The number of rotatable bonds is 3. The number of ether oxygens (including phenoxy) is 1. The fraction of sp³-hybridized carbons (Fsp3) is 0.500. The van der Waals surface area contributed by atoms with Crippen LogP contribution in [-0.4, -0.2) is 30.0 Å². The molecule has 1 fully saturated rings. The number of carbonyl (C=O) groups excluding carboxylic acids is 2. The van der Waals surface area contributed by atoms with E-state index in [2.05, 4.69) is 16.0 Å². The van der Waals surface area contributed by atoms with E-state index in [1.165, 1.54) is 0 Å². The molecule has 1 aromatic carbocycles. The Hall–Kier alpha value is -1.79. The van der Waals surface area contributed by atoms with Gasteiger partial charge in [-0.15, -0.1) is 12.4 Å². The molecule has 0 aliphatic carbocycles. The minimum Gasteiger partial charge on any atom is -0.479 e. The van der Waals surface area contributed by atoms with Crippen LogP contribution in [0, 0.1) is 0 Å². The fourth-order valence-corrected chi connectivity index (χ4v) is 3.00. The van der Waals surface area contributed by atoms with Gasteiger partial charge in [0.15, 0.2) is 6.10 Å². The first-order valence-corrected chi connectivity index (χ1v) is 7.72. The molecule has 0 aromatic heterocycles. The molecular formula is C16H22ClN3O3. The number of hydrogen-bond acceptors (Lipinski definition) is 4. The standard InChI is InChI=1S/C16H21N3O3.ClH/c1-3-16(7-4-8-17-16)15(21)18-11-5-6-13-12(9-11)19-14(20)10(2)22-13;/h5-6,9-10,17H,3-4,7-8H2,1-2H3,(H,18,21)(H,19,20);1H. The summed E-state index contributed by atoms with van der Waals surface area (Å²) in [6.07, 6.45) is 2.10. The van der Waals surface area contributed by atoms with Crippen molar-refractivity contribution in [1.29, 1.82) is 0 Å². The number of amides is 2. The molecule has 0 spiro atoms. The van der Waals surface area contributed by atoms with E-state index in [0.717, 1.165) is 25.8 Å². The van der Waals surface area contributed by atoms with Gasteiger partial charge in [0.2, 0.25) is 5.91 Å². The number of hydrogen-bond donors (Lipinski definition) is 3. The number of fused-ring (bicyclic) bond motifs is 1. The number of carbonyl (C=O) groups is 2. The Morgan fingerprint density at radius 2 is 2.26 bits per heavy atom. The van der Waals surface area contributed by atoms with Crippen LogP contribution in [0.3, 0.4) is 0 Å². The predicted molar refractivity (Wildman–Crippen MR) is 91.3 cm³/mol. The zero-order chi connectivity index (χ0) is 15.7. The van der Waals surface area contributed by atoms with E-state index < -0.39 is 11.6 Å². The van der Waals surface area contributed by atoms with Crippen LogP contribution in [-0.2, 0) is 9.59 Å². The lowest BCUT2D eigenvalue weighted by molar-refractivity contribution is -0.123. The van der Waals surface area contributed by atoms with Crippen LogP contribution < -0.4 is 20.7 Å². The second-order valence-corrected chi connectivity index (χ2v) is 5.88. The number of anilines is 2. The van der Waals surface area contributed by atoms with Gasteiger partial charge in [-0.05, 0) is 50.9 Å². The molecule has 6 nitrogen and oxygen atoms in total. The molecule has 23 heavy (non-hydrogen) atoms. The molecule has 2 aliphatic heterocycles. The maximum absolute atomic E-state index is 12.6. The molecule has 2 heterocycles. The van der Waals surface area contributed by atoms with Crippen LogP contribution in [0.2, 0.25) is 0 Å². The Balaban J connectivity index is 0.00000192. The summed E-state index contributed by atoms with van der Waals surface area (Å²) in [5.41, 5.74) is 0.763. The second kappa shape index (κ2) is 6.76. The minimum absolute atomic E-state index is 0. The lowest BCUT2D eigenvalue weighted by Gasteiger charge is -2.27. The molecule has 1 saturated heterocycles. The molecular weight excluding hydrogens is 318 g/mol. The molecule has 2 unspecified atom stereocenters. The van der Waals surface area contributed by atoms with Gasteiger partial charge in [-0.25, -0.2) is 0 Å². The Morgan fingerprint density at radius 3 is 2.91 bits per heavy atom. The summed E-state index contributed by atoms with van der Waals surface area (Å²) < 4.78 is 5.51. The Kier molecular flexibility index (Phi) is 5.16. The summed E-state index contributed by atoms with van der Waals surface area (Å²) in [4.78, 5) is 24.2. The normalized spacial score (nSPS) is 25.7. The van der Waals surface area contributed by atoms with Crippen LogP contribution in [0.1, 0.15) is 33.1 Å². The fourth-order valence-electron chi connectivity index (χ4n) is 3.00. The summed E-state index contributed by atoms with van der Waals surface area (Å²) in [5, 5.41) is 9.04. The van der Waals surface area contributed by atoms with Crippen molar-refractivity contribution >= 4 is 35.6 Å². The zero-order valence-electron chi connectivity index (χ0n) is 13.3. The van der Waals surface area contributed by atoms with Crippen LogP contribution in [0.4, 0.5) is 11.4 Å². The first-order valence-electron chi connectivity index (χ1n) is 7.72. The highest BCUT2D eigenvalue weighted by molar-refractivity contribution is 6.01. The lowest BCUT2D eigenvalue weighted by atomic mass is 9.93. The first kappa shape index (κ1) is 17.6. The number of nitrogens with one attached hydrogen (secondary N) is 3. The Morgan fingerprint density at radius 1 is 1.48 bits per heavy atom. The molecule has 3 rings (SSSR count). The van der Waals surface area contributed by atoms with Crippen molar-refractivity contribution in [3.63, 3.8) is 0 Å². The molecule has 7 heteroatoms. The van der Waals surface area contributed by atoms with Gasteiger partial charge in [0, 0.05) is 5.69 Å². The quantitative estimate of drug-likeness (QED) is 0.789. The molecule has 3 N–H and O–H groups in total. The third kappa shape index (κ3) is 3.28. The first-order chi connectivity index (χ1) is 10.5. The van der Waals surface area contributed by atoms with Crippen LogP contribution in [0.25, 0.3) is 0 Å². The SMILES string of the molecule is CCC1(C(=O)Nc2ccc3c(c2)NC(=O)C(C)O3)CCCN1.Cl. The largest absolute Gasteiger partial charge is 0.479 e. The summed E-state index contributed by atoms with van der Waals surface area (Å²) in [6, 6.07) is 5.29. The maximum Gasteiger partial charge on any atom is 0.265 e. The predicted octanol–water partition coefficient (Wildman–Crippen LogP) is 2.30. The van der Waals surface area contributed by atoms with Crippen molar-refractivity contribution in [3.8, 4) is 5.75 Å². The van der Waals surface area contributed by atoms with Gasteiger partial charge in [-0.1, -0.05) is 6.92 Å². The van der Waals surface area contributed by atoms with E-state index in [9.17, 15) is 9.59 Å². The van der Waals surface area contributed by atoms with Gasteiger partial charge in [-0.2, -0.15) is 0 Å². The van der Waals surface area contributed by atoms with Gasteiger partial charge in [0.25, 0.3) is 5.91 Å². The molecule has 0 bridgehead atoms. The molecule has 2 atom stereocenters. The average Bonchev–Trinajstić information content (AvgIpc) is 2.99. The maximum atomic E-state index is 12.6. The highest BCUT2D eigenvalue weighted by Gasteiger charge is 2.39. The molecule has 126 valence electrons. The van der Waals surface area contributed by atoms with Crippen molar-refractivity contribution in [1.82, 2.24) is 5.32 Å². The van der Waals surface area contributed by atoms with E-state index in [1.807, 2.05) is 6.92 Å². The van der Waals surface area contributed by atoms with E-state index >= 15 is 0 Å². The summed E-state index contributed by atoms with van der Waals surface area (Å²) in [5.74, 6) is 0.414. The average molecular weight is 340 g/mol. The smallest absolute Gasteiger partial charge is 0.265 e. The highest BCUT2D eigenvalue weighted by atomic mass is 35.5. The number of benzene rings is 1. The third-order valence-corrected chi connectivity index (χ3v) is 4.45. The molecule has 1 aromatic rings.